The Balaban J connectivity index is 1.03. The van der Waals surface area contributed by atoms with E-state index < -0.39 is 0 Å². The molecule has 0 spiro atoms. The van der Waals surface area contributed by atoms with E-state index in [9.17, 15) is 0 Å². The van der Waals surface area contributed by atoms with Crippen molar-refractivity contribution in [3.05, 3.63) is 188 Å². The first kappa shape index (κ1) is 29.5. The van der Waals surface area contributed by atoms with Crippen LogP contribution in [-0.2, 0) is 0 Å². The normalized spacial score (nSPS) is 11.8. The SMILES string of the molecule is c1ccc(-c2c(-c3ccc(-c4cccc5oc6ccc(-c7ccc8c(c7)c7ccccc7n8-c7ccccc7)cc6c45)cc3)nc3ccccn23)cc1. The molecular formula is C49H31N3O. The van der Waals surface area contributed by atoms with Crippen LogP contribution in [0.4, 0.5) is 0 Å². The van der Waals surface area contributed by atoms with E-state index in [2.05, 4.69) is 191 Å². The van der Waals surface area contributed by atoms with Crippen molar-refractivity contribution < 1.29 is 4.42 Å². The van der Waals surface area contributed by atoms with Gasteiger partial charge in [-0.1, -0.05) is 121 Å². The van der Waals surface area contributed by atoms with Gasteiger partial charge < -0.3 is 8.98 Å². The Morgan fingerprint density at radius 1 is 0.434 bits per heavy atom. The van der Waals surface area contributed by atoms with E-state index in [0.29, 0.717) is 0 Å². The zero-order chi connectivity index (χ0) is 34.9. The fourth-order valence-electron chi connectivity index (χ4n) is 8.13. The Hall–Kier alpha value is -7.17. The maximum atomic E-state index is 6.46. The summed E-state index contributed by atoms with van der Waals surface area (Å²) in [4.78, 5) is 5.08. The highest BCUT2D eigenvalue weighted by Crippen LogP contribution is 2.41. The van der Waals surface area contributed by atoms with Crippen molar-refractivity contribution in [2.45, 2.75) is 0 Å². The van der Waals surface area contributed by atoms with Crippen LogP contribution in [0.2, 0.25) is 0 Å². The van der Waals surface area contributed by atoms with E-state index in [1.54, 1.807) is 0 Å². The maximum absolute atomic E-state index is 6.46. The largest absolute Gasteiger partial charge is 0.456 e. The molecule has 0 saturated carbocycles. The summed E-state index contributed by atoms with van der Waals surface area (Å²) in [6.07, 6.45) is 2.09. The number of furan rings is 1. The Kier molecular flexibility index (Phi) is 6.52. The van der Waals surface area contributed by atoms with Gasteiger partial charge in [0, 0.05) is 44.6 Å². The number of hydrogen-bond donors (Lipinski definition) is 0. The summed E-state index contributed by atoms with van der Waals surface area (Å²) in [7, 11) is 0. The predicted octanol–water partition coefficient (Wildman–Crippen LogP) is 13.0. The van der Waals surface area contributed by atoms with Gasteiger partial charge in [0.05, 0.1) is 22.4 Å². The number of rotatable bonds is 5. The van der Waals surface area contributed by atoms with Gasteiger partial charge in [-0.25, -0.2) is 4.98 Å². The lowest BCUT2D eigenvalue weighted by atomic mass is 9.95. The highest BCUT2D eigenvalue weighted by molar-refractivity contribution is 6.14. The molecule has 0 unspecified atom stereocenters. The second-order valence-electron chi connectivity index (χ2n) is 13.6. The average Bonchev–Trinajstić information content (AvgIpc) is 3.91. The number of hydrogen-bond acceptors (Lipinski definition) is 2. The smallest absolute Gasteiger partial charge is 0.137 e. The Labute approximate surface area is 305 Å². The molecule has 0 aliphatic carbocycles. The monoisotopic (exact) mass is 677 g/mol. The number of pyridine rings is 1. The fourth-order valence-corrected chi connectivity index (χ4v) is 8.13. The van der Waals surface area contributed by atoms with Crippen LogP contribution in [0.1, 0.15) is 0 Å². The zero-order valence-electron chi connectivity index (χ0n) is 28.6. The minimum absolute atomic E-state index is 0.881. The molecular weight excluding hydrogens is 647 g/mol. The van der Waals surface area contributed by atoms with Crippen molar-refractivity contribution in [2.24, 2.45) is 0 Å². The summed E-state index contributed by atoms with van der Waals surface area (Å²) in [6.45, 7) is 0. The van der Waals surface area contributed by atoms with Crippen molar-refractivity contribution in [3.8, 4) is 50.5 Å². The van der Waals surface area contributed by atoms with E-state index in [1.807, 2.05) is 6.07 Å². The van der Waals surface area contributed by atoms with Gasteiger partial charge >= 0.3 is 0 Å². The molecule has 0 radical (unpaired) electrons. The van der Waals surface area contributed by atoms with E-state index >= 15 is 0 Å². The molecule has 0 N–H and O–H groups in total. The van der Waals surface area contributed by atoms with Crippen LogP contribution in [-0.4, -0.2) is 14.0 Å². The molecule has 0 saturated heterocycles. The average molecular weight is 678 g/mol. The number of para-hydroxylation sites is 2. The molecule has 0 atom stereocenters. The van der Waals surface area contributed by atoms with E-state index in [1.165, 1.54) is 27.4 Å². The van der Waals surface area contributed by atoms with Gasteiger partial charge in [0.25, 0.3) is 0 Å². The summed E-state index contributed by atoms with van der Waals surface area (Å²) in [5.41, 5.74) is 15.1. The molecule has 4 nitrogen and oxygen atoms in total. The fraction of sp³-hybridized carbons (Fsp3) is 0. The molecule has 53 heavy (non-hydrogen) atoms. The topological polar surface area (TPSA) is 35.4 Å². The van der Waals surface area contributed by atoms with E-state index in [0.717, 1.165) is 72.5 Å². The standard InChI is InChI=1S/C49H31N3O/c1-3-12-34(13-4-1)49-48(50-46-20-9-10-29-51(46)49)33-23-21-32(22-24-33)38-17-11-19-45-47(38)41-31-36(26-28-44(41)53-45)35-25-27-43-40(30-35)39-16-7-8-18-42(39)52(43)37-14-5-2-6-15-37/h1-31H. The number of aromatic nitrogens is 3. The first-order valence-electron chi connectivity index (χ1n) is 18.0. The van der Waals surface area contributed by atoms with Crippen molar-refractivity contribution in [1.82, 2.24) is 14.0 Å². The van der Waals surface area contributed by atoms with Crippen LogP contribution >= 0.6 is 0 Å². The van der Waals surface area contributed by atoms with Gasteiger partial charge in [0.1, 0.15) is 16.8 Å². The van der Waals surface area contributed by atoms with Gasteiger partial charge in [-0.2, -0.15) is 0 Å². The lowest BCUT2D eigenvalue weighted by molar-refractivity contribution is 0.669. The molecule has 7 aromatic carbocycles. The highest BCUT2D eigenvalue weighted by atomic mass is 16.3. The number of imidazole rings is 1. The molecule has 0 fully saturated rings. The van der Waals surface area contributed by atoms with Crippen molar-refractivity contribution in [2.75, 3.05) is 0 Å². The Morgan fingerprint density at radius 2 is 1.11 bits per heavy atom. The molecule has 0 bridgehead atoms. The summed E-state index contributed by atoms with van der Waals surface area (Å²) in [6, 6.07) is 64.5. The van der Waals surface area contributed by atoms with Crippen LogP contribution in [0.5, 0.6) is 0 Å². The van der Waals surface area contributed by atoms with E-state index in [-0.39, 0.29) is 0 Å². The van der Waals surface area contributed by atoms with Crippen LogP contribution in [0.25, 0.3) is 99.8 Å². The third-order valence-corrected chi connectivity index (χ3v) is 10.6. The first-order valence-corrected chi connectivity index (χ1v) is 18.0. The Bertz CT molecular complexity index is 3150. The molecule has 0 aliphatic heterocycles. The zero-order valence-corrected chi connectivity index (χ0v) is 28.6. The van der Waals surface area contributed by atoms with Gasteiger partial charge in [-0.3, -0.25) is 4.40 Å². The van der Waals surface area contributed by atoms with Gasteiger partial charge in [-0.05, 0) is 82.9 Å². The molecule has 248 valence electrons. The molecule has 11 rings (SSSR count). The second kappa shape index (κ2) is 11.7. The molecule has 11 aromatic rings. The lowest BCUT2D eigenvalue weighted by Crippen LogP contribution is -1.92. The third-order valence-electron chi connectivity index (χ3n) is 10.6. The molecule has 4 heterocycles. The number of benzene rings is 7. The minimum atomic E-state index is 0.881. The van der Waals surface area contributed by atoms with Gasteiger partial charge in [0.15, 0.2) is 0 Å². The molecule has 4 aromatic heterocycles. The second-order valence-corrected chi connectivity index (χ2v) is 13.6. The molecule has 0 aliphatic rings. The summed E-state index contributed by atoms with van der Waals surface area (Å²) >= 11 is 0. The lowest BCUT2D eigenvalue weighted by Gasteiger charge is -2.09. The predicted molar refractivity (Wildman–Crippen MR) is 219 cm³/mol. The van der Waals surface area contributed by atoms with Crippen LogP contribution in [0.15, 0.2) is 193 Å². The quantitative estimate of drug-likeness (QED) is 0.182. The van der Waals surface area contributed by atoms with Crippen LogP contribution in [0.3, 0.4) is 0 Å². The summed E-state index contributed by atoms with van der Waals surface area (Å²) < 4.78 is 11.0. The van der Waals surface area contributed by atoms with Gasteiger partial charge in [0.2, 0.25) is 0 Å². The van der Waals surface area contributed by atoms with E-state index in [4.69, 9.17) is 9.40 Å². The molecule has 0 amide bonds. The van der Waals surface area contributed by atoms with Crippen molar-refractivity contribution in [1.29, 1.82) is 0 Å². The number of fused-ring (bicyclic) bond motifs is 7. The highest BCUT2D eigenvalue weighted by Gasteiger charge is 2.18. The third kappa shape index (κ3) is 4.66. The van der Waals surface area contributed by atoms with Crippen LogP contribution in [0, 0.1) is 0 Å². The first-order chi connectivity index (χ1) is 26.3. The summed E-state index contributed by atoms with van der Waals surface area (Å²) in [5, 5.41) is 4.71. The van der Waals surface area contributed by atoms with Crippen LogP contribution < -0.4 is 0 Å². The Morgan fingerprint density at radius 3 is 1.96 bits per heavy atom. The minimum Gasteiger partial charge on any atom is -0.456 e. The van der Waals surface area contributed by atoms with Gasteiger partial charge in [-0.15, -0.1) is 0 Å². The number of nitrogens with zero attached hydrogens (tertiary/aromatic N) is 3. The summed E-state index contributed by atoms with van der Waals surface area (Å²) in [5.74, 6) is 0. The molecule has 4 heteroatoms. The van der Waals surface area contributed by atoms with Crippen molar-refractivity contribution >= 4 is 49.4 Å². The maximum Gasteiger partial charge on any atom is 0.137 e. The van der Waals surface area contributed by atoms with Crippen molar-refractivity contribution in [3.63, 3.8) is 0 Å².